The molecule has 0 amide bonds. The molecule has 0 unspecified atom stereocenters. The molecule has 1 N–H and O–H groups in total. The van der Waals surface area contributed by atoms with Crippen LogP contribution in [0.5, 0.6) is 0 Å². The van der Waals surface area contributed by atoms with Gasteiger partial charge in [-0.25, -0.2) is 4.79 Å². The fraction of sp³-hybridized carbons (Fsp3) is 0.250. The van der Waals surface area contributed by atoms with Gasteiger partial charge in [0.2, 0.25) is 0 Å². The second-order valence-corrected chi connectivity index (χ2v) is 3.76. The lowest BCUT2D eigenvalue weighted by molar-refractivity contribution is 0.0696. The summed E-state index contributed by atoms with van der Waals surface area (Å²) in [6.45, 7) is 2.93. The number of pyridine rings is 1. The third kappa shape index (κ3) is 2.50. The van der Waals surface area contributed by atoms with Crippen molar-refractivity contribution in [3.63, 3.8) is 0 Å². The number of carbonyl (C=O) groups is 1. The van der Waals surface area contributed by atoms with E-state index in [2.05, 4.69) is 17.0 Å². The maximum Gasteiger partial charge on any atom is 0.337 e. The Labute approximate surface area is 98.7 Å². The smallest absolute Gasteiger partial charge is 0.337 e. The predicted octanol–water partition coefficient (Wildman–Crippen LogP) is 2.05. The van der Waals surface area contributed by atoms with Crippen LogP contribution in [0.25, 0.3) is 11.1 Å². The van der Waals surface area contributed by atoms with Crippen molar-refractivity contribution in [1.29, 1.82) is 0 Å². The Balaban J connectivity index is 2.32. The van der Waals surface area contributed by atoms with Crippen molar-refractivity contribution in [2.24, 2.45) is 0 Å². The van der Waals surface area contributed by atoms with Crippen molar-refractivity contribution in [2.45, 2.75) is 19.9 Å². The van der Waals surface area contributed by atoms with E-state index in [-0.39, 0.29) is 5.56 Å². The highest BCUT2D eigenvalue weighted by Gasteiger charge is 2.07. The summed E-state index contributed by atoms with van der Waals surface area (Å²) < 4.78 is 1.84. The quantitative estimate of drug-likeness (QED) is 0.874. The van der Waals surface area contributed by atoms with E-state index in [0.29, 0.717) is 0 Å². The minimum absolute atomic E-state index is 0.186. The Bertz CT molecular complexity index is 534. The van der Waals surface area contributed by atoms with Crippen molar-refractivity contribution < 1.29 is 9.90 Å². The summed E-state index contributed by atoms with van der Waals surface area (Å²) in [5.74, 6) is -0.972. The molecule has 88 valence electrons. The normalized spacial score (nSPS) is 10.4. The Morgan fingerprint density at radius 2 is 2.18 bits per heavy atom. The maximum absolute atomic E-state index is 10.8. The van der Waals surface area contributed by atoms with E-state index >= 15 is 0 Å². The molecular weight excluding hydrogens is 218 g/mol. The van der Waals surface area contributed by atoms with Gasteiger partial charge in [-0.2, -0.15) is 5.10 Å². The van der Waals surface area contributed by atoms with Gasteiger partial charge in [0, 0.05) is 36.3 Å². The number of carboxylic acids is 1. The average molecular weight is 231 g/mol. The highest BCUT2D eigenvalue weighted by atomic mass is 16.4. The van der Waals surface area contributed by atoms with Gasteiger partial charge in [-0.3, -0.25) is 9.67 Å². The van der Waals surface area contributed by atoms with Crippen LogP contribution in [-0.2, 0) is 6.54 Å². The number of rotatable bonds is 4. The van der Waals surface area contributed by atoms with E-state index in [1.807, 2.05) is 10.9 Å². The first-order valence-corrected chi connectivity index (χ1v) is 5.42. The molecule has 0 saturated carbocycles. The molecule has 5 heteroatoms. The molecule has 0 fully saturated rings. The lowest BCUT2D eigenvalue weighted by Gasteiger charge is -1.98. The van der Waals surface area contributed by atoms with E-state index in [4.69, 9.17) is 5.11 Å². The SMILES string of the molecule is CCCn1cc(-c2cncc(C(=O)O)c2)cn1. The number of carboxylic acid groups (broad SMARTS) is 1. The number of nitrogens with zero attached hydrogens (tertiary/aromatic N) is 3. The Morgan fingerprint density at radius 3 is 2.88 bits per heavy atom. The third-order valence-electron chi connectivity index (χ3n) is 2.40. The van der Waals surface area contributed by atoms with Crippen molar-refractivity contribution in [1.82, 2.24) is 14.8 Å². The maximum atomic E-state index is 10.8. The zero-order valence-electron chi connectivity index (χ0n) is 9.50. The van der Waals surface area contributed by atoms with E-state index in [0.717, 1.165) is 24.1 Å². The van der Waals surface area contributed by atoms with Gasteiger partial charge in [0.05, 0.1) is 11.8 Å². The fourth-order valence-corrected chi connectivity index (χ4v) is 1.58. The van der Waals surface area contributed by atoms with Gasteiger partial charge in [-0.05, 0) is 12.5 Å². The predicted molar refractivity (Wildman–Crippen MR) is 62.7 cm³/mol. The zero-order valence-corrected chi connectivity index (χ0v) is 9.50. The molecule has 2 rings (SSSR count). The summed E-state index contributed by atoms with van der Waals surface area (Å²) >= 11 is 0. The van der Waals surface area contributed by atoms with Crippen LogP contribution < -0.4 is 0 Å². The van der Waals surface area contributed by atoms with Crippen LogP contribution in [0.2, 0.25) is 0 Å². The number of hydrogen-bond acceptors (Lipinski definition) is 3. The summed E-state index contributed by atoms with van der Waals surface area (Å²) in [7, 11) is 0. The summed E-state index contributed by atoms with van der Waals surface area (Å²) in [6, 6.07) is 1.60. The lowest BCUT2D eigenvalue weighted by Crippen LogP contribution is -1.97. The first kappa shape index (κ1) is 11.3. The van der Waals surface area contributed by atoms with E-state index in [1.54, 1.807) is 18.5 Å². The molecule has 0 bridgehead atoms. The standard InChI is InChI=1S/C12H13N3O2/c1-2-3-15-8-11(7-14-15)9-4-10(12(16)17)6-13-5-9/h4-8H,2-3H2,1H3,(H,16,17). The molecule has 5 nitrogen and oxygen atoms in total. The summed E-state index contributed by atoms with van der Waals surface area (Å²) in [4.78, 5) is 14.8. The molecule has 17 heavy (non-hydrogen) atoms. The van der Waals surface area contributed by atoms with Crippen LogP contribution in [0.4, 0.5) is 0 Å². The zero-order chi connectivity index (χ0) is 12.3. The van der Waals surface area contributed by atoms with E-state index in [1.165, 1.54) is 6.20 Å². The molecular formula is C12H13N3O2. The number of aryl methyl sites for hydroxylation is 1. The molecule has 0 aliphatic carbocycles. The van der Waals surface area contributed by atoms with Crippen LogP contribution in [0.15, 0.2) is 30.9 Å². The average Bonchev–Trinajstić information content (AvgIpc) is 2.78. The molecule has 0 radical (unpaired) electrons. The highest BCUT2D eigenvalue weighted by molar-refractivity contribution is 5.88. The molecule has 2 aromatic rings. The van der Waals surface area contributed by atoms with Crippen LogP contribution in [0.3, 0.4) is 0 Å². The molecule has 0 aliphatic heterocycles. The van der Waals surface area contributed by atoms with Gasteiger partial charge in [-0.1, -0.05) is 6.92 Å². The second-order valence-electron chi connectivity index (χ2n) is 3.76. The molecule has 2 aromatic heterocycles. The Kier molecular flexibility index (Phi) is 3.18. The summed E-state index contributed by atoms with van der Waals surface area (Å²) in [5.41, 5.74) is 1.84. The molecule has 0 spiro atoms. The Hall–Kier alpha value is -2.17. The Morgan fingerprint density at radius 1 is 1.35 bits per heavy atom. The van der Waals surface area contributed by atoms with Crippen LogP contribution in [0.1, 0.15) is 23.7 Å². The van der Waals surface area contributed by atoms with Gasteiger partial charge in [0.15, 0.2) is 0 Å². The molecule has 0 atom stereocenters. The second kappa shape index (κ2) is 4.78. The van der Waals surface area contributed by atoms with Crippen molar-refractivity contribution in [3.8, 4) is 11.1 Å². The van der Waals surface area contributed by atoms with Crippen molar-refractivity contribution in [3.05, 3.63) is 36.4 Å². The van der Waals surface area contributed by atoms with E-state index in [9.17, 15) is 4.79 Å². The van der Waals surface area contributed by atoms with Crippen LogP contribution >= 0.6 is 0 Å². The van der Waals surface area contributed by atoms with Gasteiger partial charge >= 0.3 is 5.97 Å². The van der Waals surface area contributed by atoms with Gasteiger partial charge in [0.1, 0.15) is 0 Å². The minimum Gasteiger partial charge on any atom is -0.478 e. The minimum atomic E-state index is -0.972. The van der Waals surface area contributed by atoms with Crippen LogP contribution in [-0.4, -0.2) is 25.8 Å². The molecule has 0 aliphatic rings. The first-order chi connectivity index (χ1) is 8.20. The van der Waals surface area contributed by atoms with Gasteiger partial charge in [-0.15, -0.1) is 0 Å². The largest absolute Gasteiger partial charge is 0.478 e. The summed E-state index contributed by atoms with van der Waals surface area (Å²) in [6.07, 6.45) is 7.60. The first-order valence-electron chi connectivity index (χ1n) is 5.42. The van der Waals surface area contributed by atoms with Crippen LogP contribution in [0, 0.1) is 0 Å². The van der Waals surface area contributed by atoms with Gasteiger partial charge in [0.25, 0.3) is 0 Å². The third-order valence-corrected chi connectivity index (χ3v) is 2.40. The summed E-state index contributed by atoms with van der Waals surface area (Å²) in [5, 5.41) is 13.1. The highest BCUT2D eigenvalue weighted by Crippen LogP contribution is 2.18. The number of aromatic nitrogens is 3. The monoisotopic (exact) mass is 231 g/mol. The number of hydrogen-bond donors (Lipinski definition) is 1. The molecule has 0 saturated heterocycles. The van der Waals surface area contributed by atoms with Crippen molar-refractivity contribution >= 4 is 5.97 Å². The number of aromatic carboxylic acids is 1. The van der Waals surface area contributed by atoms with Crippen molar-refractivity contribution in [2.75, 3.05) is 0 Å². The topological polar surface area (TPSA) is 68.0 Å². The van der Waals surface area contributed by atoms with E-state index < -0.39 is 5.97 Å². The molecule has 0 aromatic carbocycles. The lowest BCUT2D eigenvalue weighted by atomic mass is 10.1. The van der Waals surface area contributed by atoms with Gasteiger partial charge < -0.3 is 5.11 Å². The fourth-order valence-electron chi connectivity index (χ4n) is 1.58. The molecule has 2 heterocycles.